The second-order valence-electron chi connectivity index (χ2n) is 7.43. The number of hydrogen-bond donors (Lipinski definition) is 1. The highest BCUT2D eigenvalue weighted by Crippen LogP contribution is 2.25. The number of sulfonamides is 1. The summed E-state index contributed by atoms with van der Waals surface area (Å²) in [5.74, 6) is -2.53. The number of anilines is 1. The van der Waals surface area contributed by atoms with E-state index in [2.05, 4.69) is 5.32 Å². The highest BCUT2D eigenvalue weighted by molar-refractivity contribution is 7.92. The fourth-order valence-corrected chi connectivity index (χ4v) is 4.33. The molecule has 2 aromatic rings. The van der Waals surface area contributed by atoms with Gasteiger partial charge in [-0.05, 0) is 37.0 Å². The van der Waals surface area contributed by atoms with Crippen LogP contribution in [0.1, 0.15) is 38.8 Å². The molecule has 2 unspecified atom stereocenters. The van der Waals surface area contributed by atoms with Crippen molar-refractivity contribution < 1.29 is 22.0 Å². The van der Waals surface area contributed by atoms with Crippen LogP contribution in [0.25, 0.3) is 0 Å². The second kappa shape index (κ2) is 9.35. The first kappa shape index (κ1) is 22.8. The van der Waals surface area contributed by atoms with Crippen molar-refractivity contribution in [3.8, 4) is 0 Å². The van der Waals surface area contributed by atoms with E-state index in [9.17, 15) is 22.0 Å². The van der Waals surface area contributed by atoms with Crippen LogP contribution < -0.4 is 9.62 Å². The van der Waals surface area contributed by atoms with Gasteiger partial charge < -0.3 is 5.32 Å². The predicted octanol–water partition coefficient (Wildman–Crippen LogP) is 4.02. The number of hydrogen-bond acceptors (Lipinski definition) is 3. The van der Waals surface area contributed by atoms with Crippen molar-refractivity contribution in [3.05, 3.63) is 65.7 Å². The van der Waals surface area contributed by atoms with Crippen LogP contribution in [-0.2, 0) is 14.8 Å². The standard InChI is InChI=1S/C21H26F2N2O3S/c1-14(2)12-20(16-8-6-5-7-9-16)24-21(26)15(3)25(29(4,27)28)17-10-11-18(22)19(23)13-17/h5-11,13-15,20H,12H2,1-4H3,(H,24,26). The van der Waals surface area contributed by atoms with Gasteiger partial charge in [-0.3, -0.25) is 9.10 Å². The second-order valence-corrected chi connectivity index (χ2v) is 9.29. The van der Waals surface area contributed by atoms with Crippen LogP contribution in [0, 0.1) is 17.6 Å². The third kappa shape index (κ3) is 6.00. The molecule has 0 bridgehead atoms. The molecule has 158 valence electrons. The number of carbonyl (C=O) groups excluding carboxylic acids is 1. The normalized spacial score (nSPS) is 13.8. The summed E-state index contributed by atoms with van der Waals surface area (Å²) in [5, 5.41) is 2.90. The minimum atomic E-state index is -3.93. The van der Waals surface area contributed by atoms with E-state index >= 15 is 0 Å². The number of nitrogens with zero attached hydrogens (tertiary/aromatic N) is 1. The maximum atomic E-state index is 13.7. The number of benzene rings is 2. The first-order chi connectivity index (χ1) is 13.5. The topological polar surface area (TPSA) is 66.5 Å². The number of carbonyl (C=O) groups is 1. The molecule has 0 heterocycles. The van der Waals surface area contributed by atoms with E-state index in [0.717, 1.165) is 34.3 Å². The van der Waals surface area contributed by atoms with Gasteiger partial charge in [0.2, 0.25) is 15.9 Å². The lowest BCUT2D eigenvalue weighted by Gasteiger charge is -2.30. The number of amides is 1. The van der Waals surface area contributed by atoms with Crippen molar-refractivity contribution in [1.82, 2.24) is 5.32 Å². The molecule has 5 nitrogen and oxygen atoms in total. The average Bonchev–Trinajstić information content (AvgIpc) is 2.63. The Balaban J connectivity index is 2.33. The quantitative estimate of drug-likeness (QED) is 0.696. The van der Waals surface area contributed by atoms with E-state index in [1.807, 2.05) is 44.2 Å². The summed E-state index contributed by atoms with van der Waals surface area (Å²) >= 11 is 0. The Morgan fingerprint density at radius 3 is 2.17 bits per heavy atom. The number of rotatable bonds is 8. The molecule has 2 atom stereocenters. The van der Waals surface area contributed by atoms with E-state index in [0.29, 0.717) is 6.42 Å². The van der Waals surface area contributed by atoms with Crippen molar-refractivity contribution in [2.24, 2.45) is 5.92 Å². The molecule has 29 heavy (non-hydrogen) atoms. The van der Waals surface area contributed by atoms with Gasteiger partial charge in [0.1, 0.15) is 6.04 Å². The molecule has 1 amide bonds. The van der Waals surface area contributed by atoms with Crippen LogP contribution >= 0.6 is 0 Å². The molecular weight excluding hydrogens is 398 g/mol. The molecule has 0 aliphatic rings. The lowest BCUT2D eigenvalue weighted by molar-refractivity contribution is -0.122. The molecule has 0 fully saturated rings. The Morgan fingerprint density at radius 2 is 1.66 bits per heavy atom. The van der Waals surface area contributed by atoms with E-state index in [1.165, 1.54) is 6.92 Å². The van der Waals surface area contributed by atoms with Crippen molar-refractivity contribution in [1.29, 1.82) is 0 Å². The molecule has 0 aliphatic carbocycles. The molecular formula is C21H26F2N2O3S. The highest BCUT2D eigenvalue weighted by Gasteiger charge is 2.31. The molecule has 0 aliphatic heterocycles. The summed E-state index contributed by atoms with van der Waals surface area (Å²) < 4.78 is 52.4. The van der Waals surface area contributed by atoms with Gasteiger partial charge in [0.25, 0.3) is 0 Å². The molecule has 2 aromatic carbocycles. The number of halogens is 2. The summed E-state index contributed by atoms with van der Waals surface area (Å²) in [7, 11) is -3.93. The van der Waals surface area contributed by atoms with Gasteiger partial charge in [0.15, 0.2) is 11.6 Å². The Kier molecular flexibility index (Phi) is 7.35. The Hall–Kier alpha value is -2.48. The third-order valence-electron chi connectivity index (χ3n) is 4.47. The van der Waals surface area contributed by atoms with E-state index < -0.39 is 33.6 Å². The zero-order chi connectivity index (χ0) is 21.8. The van der Waals surface area contributed by atoms with Gasteiger partial charge >= 0.3 is 0 Å². The lowest BCUT2D eigenvalue weighted by Crippen LogP contribution is -2.48. The Morgan fingerprint density at radius 1 is 1.03 bits per heavy atom. The maximum Gasteiger partial charge on any atom is 0.244 e. The molecule has 0 radical (unpaired) electrons. The minimum absolute atomic E-state index is 0.117. The van der Waals surface area contributed by atoms with Crippen molar-refractivity contribution in [3.63, 3.8) is 0 Å². The van der Waals surface area contributed by atoms with Crippen LogP contribution in [0.15, 0.2) is 48.5 Å². The lowest BCUT2D eigenvalue weighted by atomic mass is 9.96. The van der Waals surface area contributed by atoms with Gasteiger partial charge in [0, 0.05) is 6.07 Å². The first-order valence-corrected chi connectivity index (χ1v) is 11.1. The van der Waals surface area contributed by atoms with E-state index in [4.69, 9.17) is 0 Å². The van der Waals surface area contributed by atoms with Crippen LogP contribution in [-0.4, -0.2) is 26.6 Å². The minimum Gasteiger partial charge on any atom is -0.347 e. The van der Waals surface area contributed by atoms with Gasteiger partial charge in [0.05, 0.1) is 18.0 Å². The smallest absolute Gasteiger partial charge is 0.244 e. The average molecular weight is 425 g/mol. The predicted molar refractivity (Wildman–Crippen MR) is 110 cm³/mol. The van der Waals surface area contributed by atoms with Gasteiger partial charge in [-0.2, -0.15) is 0 Å². The summed E-state index contributed by atoms with van der Waals surface area (Å²) in [6.45, 7) is 5.46. The summed E-state index contributed by atoms with van der Waals surface area (Å²) in [6, 6.07) is 10.6. The zero-order valence-corrected chi connectivity index (χ0v) is 17.7. The van der Waals surface area contributed by atoms with Crippen LogP contribution in [0.4, 0.5) is 14.5 Å². The van der Waals surface area contributed by atoms with Crippen LogP contribution in [0.2, 0.25) is 0 Å². The van der Waals surface area contributed by atoms with Gasteiger partial charge in [-0.1, -0.05) is 44.2 Å². The summed E-state index contributed by atoms with van der Waals surface area (Å²) in [5.41, 5.74) is 0.787. The highest BCUT2D eigenvalue weighted by atomic mass is 32.2. The zero-order valence-electron chi connectivity index (χ0n) is 16.9. The Labute approximate surface area is 170 Å². The fraction of sp³-hybridized carbons (Fsp3) is 0.381. The van der Waals surface area contributed by atoms with E-state index in [1.54, 1.807) is 0 Å². The maximum absolute atomic E-state index is 13.7. The van der Waals surface area contributed by atoms with Gasteiger partial charge in [-0.15, -0.1) is 0 Å². The van der Waals surface area contributed by atoms with Crippen molar-refractivity contribution in [2.75, 3.05) is 10.6 Å². The first-order valence-electron chi connectivity index (χ1n) is 9.30. The largest absolute Gasteiger partial charge is 0.347 e. The van der Waals surface area contributed by atoms with Crippen LogP contribution in [0.3, 0.4) is 0 Å². The fourth-order valence-electron chi connectivity index (χ4n) is 3.16. The van der Waals surface area contributed by atoms with Gasteiger partial charge in [-0.25, -0.2) is 17.2 Å². The summed E-state index contributed by atoms with van der Waals surface area (Å²) in [4.78, 5) is 12.9. The molecule has 0 aromatic heterocycles. The molecule has 0 spiro atoms. The van der Waals surface area contributed by atoms with Crippen LogP contribution in [0.5, 0.6) is 0 Å². The third-order valence-corrected chi connectivity index (χ3v) is 5.71. The molecule has 0 saturated carbocycles. The molecule has 1 N–H and O–H groups in total. The molecule has 2 rings (SSSR count). The molecule has 0 saturated heterocycles. The number of nitrogens with one attached hydrogen (secondary N) is 1. The SMILES string of the molecule is CC(C)CC(NC(=O)C(C)N(c1ccc(F)c(F)c1)S(C)(=O)=O)c1ccccc1. The van der Waals surface area contributed by atoms with E-state index in [-0.39, 0.29) is 17.6 Å². The Bertz CT molecular complexity index is 950. The van der Waals surface area contributed by atoms with Crippen molar-refractivity contribution in [2.45, 2.75) is 39.3 Å². The molecule has 8 heteroatoms. The van der Waals surface area contributed by atoms with Crippen molar-refractivity contribution >= 4 is 21.6 Å². The monoisotopic (exact) mass is 424 g/mol. The summed E-state index contributed by atoms with van der Waals surface area (Å²) in [6.07, 6.45) is 1.58.